The minimum atomic E-state index is -4.80. The fourth-order valence-corrected chi connectivity index (χ4v) is 3.80. The zero-order valence-electron chi connectivity index (χ0n) is 16.8. The van der Waals surface area contributed by atoms with Crippen molar-refractivity contribution < 1.29 is 35.9 Å². The van der Waals surface area contributed by atoms with E-state index >= 15 is 0 Å². The molecule has 168 valence electrons. The molecule has 0 radical (unpaired) electrons. The minimum absolute atomic E-state index is 0.163. The molecule has 0 fully saturated rings. The molecule has 0 heterocycles. The van der Waals surface area contributed by atoms with Gasteiger partial charge in [-0.1, -0.05) is 18.2 Å². The van der Waals surface area contributed by atoms with Crippen molar-refractivity contribution in [2.45, 2.75) is 23.0 Å². The third-order valence-electron chi connectivity index (χ3n) is 4.09. The molecule has 0 amide bonds. The Bertz CT molecular complexity index is 967. The van der Waals surface area contributed by atoms with E-state index in [0.717, 1.165) is 11.8 Å². The van der Waals surface area contributed by atoms with Crippen LogP contribution in [-0.2, 0) is 27.6 Å². The van der Waals surface area contributed by atoms with E-state index in [0.29, 0.717) is 28.7 Å². The highest BCUT2D eigenvalue weighted by Gasteiger charge is 2.37. The van der Waals surface area contributed by atoms with Crippen molar-refractivity contribution in [1.82, 2.24) is 4.90 Å². The van der Waals surface area contributed by atoms with Gasteiger partial charge in [-0.05, 0) is 29.8 Å². The van der Waals surface area contributed by atoms with Crippen molar-refractivity contribution in [3.8, 4) is 0 Å². The van der Waals surface area contributed by atoms with Crippen LogP contribution in [0.3, 0.4) is 0 Å². The van der Waals surface area contributed by atoms with Gasteiger partial charge < -0.3 is 9.64 Å². The minimum Gasteiger partial charge on any atom is -0.465 e. The third kappa shape index (κ3) is 6.43. The van der Waals surface area contributed by atoms with Crippen LogP contribution in [0.1, 0.15) is 22.3 Å². The summed E-state index contributed by atoms with van der Waals surface area (Å²) < 4.78 is 83.9. The molecule has 10 heteroatoms. The standard InChI is InChI=1S/C21H19F6NO2S/c1-28(2)11-16(19(29)30-3)15-6-4-5-7-18(15)31-12-13-10-14(20(22,23)24)8-9-17(13)21(25,26)27/h4-11H,12H2,1-3H3. The largest absolute Gasteiger partial charge is 0.465 e. The second-order valence-corrected chi connectivity index (χ2v) is 7.67. The molecule has 0 atom stereocenters. The van der Waals surface area contributed by atoms with Crippen LogP contribution in [0.5, 0.6) is 0 Å². The zero-order valence-corrected chi connectivity index (χ0v) is 17.6. The topological polar surface area (TPSA) is 29.5 Å². The van der Waals surface area contributed by atoms with E-state index in [-0.39, 0.29) is 11.3 Å². The lowest BCUT2D eigenvalue weighted by Crippen LogP contribution is -2.12. The molecule has 0 unspecified atom stereocenters. The molecule has 0 aliphatic carbocycles. The third-order valence-corrected chi connectivity index (χ3v) is 5.21. The second kappa shape index (κ2) is 9.67. The number of methoxy groups -OCH3 is 1. The molecule has 0 aliphatic heterocycles. The van der Waals surface area contributed by atoms with E-state index in [2.05, 4.69) is 0 Å². The summed E-state index contributed by atoms with van der Waals surface area (Å²) in [5.74, 6) is -1.04. The summed E-state index contributed by atoms with van der Waals surface area (Å²) in [5, 5.41) is 0. The first kappa shape index (κ1) is 24.6. The maximum absolute atomic E-state index is 13.3. The Morgan fingerprint density at radius 1 is 1.03 bits per heavy atom. The molecule has 0 spiro atoms. The van der Waals surface area contributed by atoms with Gasteiger partial charge in [-0.15, -0.1) is 11.8 Å². The molecule has 0 bridgehead atoms. The van der Waals surface area contributed by atoms with Crippen molar-refractivity contribution in [2.24, 2.45) is 0 Å². The first-order chi connectivity index (χ1) is 14.3. The van der Waals surface area contributed by atoms with Crippen LogP contribution < -0.4 is 0 Å². The number of ether oxygens (including phenoxy) is 1. The Morgan fingerprint density at radius 3 is 2.23 bits per heavy atom. The van der Waals surface area contributed by atoms with E-state index in [1.807, 2.05) is 0 Å². The van der Waals surface area contributed by atoms with E-state index in [9.17, 15) is 31.1 Å². The lowest BCUT2D eigenvalue weighted by molar-refractivity contribution is -0.141. The summed E-state index contributed by atoms with van der Waals surface area (Å²) >= 11 is 0.899. The predicted octanol–water partition coefficient (Wildman–Crippen LogP) is 6.09. The van der Waals surface area contributed by atoms with Crippen molar-refractivity contribution in [2.75, 3.05) is 21.2 Å². The molecule has 2 aromatic rings. The summed E-state index contributed by atoms with van der Waals surface area (Å²) in [4.78, 5) is 14.2. The number of nitrogens with zero attached hydrogens (tertiary/aromatic N) is 1. The monoisotopic (exact) mass is 463 g/mol. The molecule has 0 aromatic heterocycles. The quantitative estimate of drug-likeness (QED) is 0.224. The number of carbonyl (C=O) groups is 1. The Hall–Kier alpha value is -2.62. The number of halogens is 6. The predicted molar refractivity (Wildman–Crippen MR) is 106 cm³/mol. The van der Waals surface area contributed by atoms with Gasteiger partial charge in [0.2, 0.25) is 0 Å². The molecule has 0 saturated carbocycles. The molecule has 31 heavy (non-hydrogen) atoms. The van der Waals surface area contributed by atoms with Crippen LogP contribution in [-0.4, -0.2) is 32.1 Å². The van der Waals surface area contributed by atoms with E-state index in [1.165, 1.54) is 13.3 Å². The highest BCUT2D eigenvalue weighted by Crippen LogP contribution is 2.39. The van der Waals surface area contributed by atoms with E-state index in [1.54, 1.807) is 43.3 Å². The fraction of sp³-hybridized carbons (Fsp3) is 0.286. The first-order valence-electron chi connectivity index (χ1n) is 8.80. The van der Waals surface area contributed by atoms with Crippen LogP contribution in [0.25, 0.3) is 5.57 Å². The van der Waals surface area contributed by atoms with Gasteiger partial charge in [-0.2, -0.15) is 26.3 Å². The van der Waals surface area contributed by atoms with Crippen LogP contribution in [0.15, 0.2) is 53.6 Å². The van der Waals surface area contributed by atoms with Gasteiger partial charge in [-0.3, -0.25) is 0 Å². The number of rotatable bonds is 6. The summed E-state index contributed by atoms with van der Waals surface area (Å²) in [7, 11) is 4.55. The number of thioether (sulfide) groups is 1. The van der Waals surface area contributed by atoms with Crippen LogP contribution in [0, 0.1) is 0 Å². The highest BCUT2D eigenvalue weighted by atomic mass is 32.2. The van der Waals surface area contributed by atoms with Gasteiger partial charge in [0.15, 0.2) is 0 Å². The zero-order chi connectivity index (χ0) is 23.4. The summed E-state index contributed by atoms with van der Waals surface area (Å²) in [6, 6.07) is 7.79. The second-order valence-electron chi connectivity index (χ2n) is 6.65. The molecule has 0 aliphatic rings. The van der Waals surface area contributed by atoms with Crippen molar-refractivity contribution in [1.29, 1.82) is 0 Å². The summed E-state index contributed by atoms with van der Waals surface area (Å²) in [5.41, 5.74) is -2.24. The normalized spacial score (nSPS) is 12.6. The number of esters is 1. The van der Waals surface area contributed by atoms with Crippen molar-refractivity contribution >= 4 is 23.3 Å². The number of alkyl halides is 6. The Balaban J connectivity index is 2.47. The van der Waals surface area contributed by atoms with Gasteiger partial charge in [0.05, 0.1) is 23.8 Å². The van der Waals surface area contributed by atoms with Gasteiger partial charge in [0, 0.05) is 36.5 Å². The number of carbonyl (C=O) groups excluding carboxylic acids is 1. The van der Waals surface area contributed by atoms with Gasteiger partial charge >= 0.3 is 18.3 Å². The number of benzene rings is 2. The number of hydrogen-bond acceptors (Lipinski definition) is 4. The lowest BCUT2D eigenvalue weighted by Gasteiger charge is -2.17. The Labute approximate surface area is 179 Å². The average molecular weight is 463 g/mol. The lowest BCUT2D eigenvalue weighted by atomic mass is 10.0. The van der Waals surface area contributed by atoms with Gasteiger partial charge in [0.25, 0.3) is 0 Å². The molecule has 0 saturated heterocycles. The van der Waals surface area contributed by atoms with Gasteiger partial charge in [-0.25, -0.2) is 4.79 Å². The molecular formula is C21H19F6NO2S. The molecule has 2 rings (SSSR count). The Morgan fingerprint density at radius 2 is 1.68 bits per heavy atom. The van der Waals surface area contributed by atoms with E-state index in [4.69, 9.17) is 4.74 Å². The van der Waals surface area contributed by atoms with E-state index < -0.39 is 35.0 Å². The maximum Gasteiger partial charge on any atom is 0.416 e. The fourth-order valence-electron chi connectivity index (χ4n) is 2.74. The number of hydrogen-bond donors (Lipinski definition) is 0. The SMILES string of the molecule is COC(=O)C(=CN(C)C)c1ccccc1SCc1cc(C(F)(F)F)ccc1C(F)(F)F. The van der Waals surface area contributed by atoms with Crippen molar-refractivity contribution in [3.63, 3.8) is 0 Å². The van der Waals surface area contributed by atoms with Crippen molar-refractivity contribution in [3.05, 3.63) is 70.9 Å². The Kier molecular flexibility index (Phi) is 7.69. The molecule has 0 N–H and O–H groups in total. The van der Waals surface area contributed by atoms with Crippen LogP contribution >= 0.6 is 11.8 Å². The van der Waals surface area contributed by atoms with Crippen LogP contribution in [0.4, 0.5) is 26.3 Å². The molecular weight excluding hydrogens is 444 g/mol. The smallest absolute Gasteiger partial charge is 0.416 e. The molecule has 2 aromatic carbocycles. The first-order valence-corrected chi connectivity index (χ1v) is 9.79. The van der Waals surface area contributed by atoms with Gasteiger partial charge in [0.1, 0.15) is 0 Å². The molecule has 3 nitrogen and oxygen atoms in total. The highest BCUT2D eigenvalue weighted by molar-refractivity contribution is 7.98. The summed E-state index contributed by atoms with van der Waals surface area (Å²) in [6.07, 6.45) is -8.08. The summed E-state index contributed by atoms with van der Waals surface area (Å²) in [6.45, 7) is 0. The van der Waals surface area contributed by atoms with Crippen LogP contribution in [0.2, 0.25) is 0 Å². The average Bonchev–Trinajstić information content (AvgIpc) is 2.68. The maximum atomic E-state index is 13.3.